The molecule has 0 radical (unpaired) electrons. The quantitative estimate of drug-likeness (QED) is 0.931. The average Bonchev–Trinajstić information content (AvgIpc) is 2.95. The number of para-hydroxylation sites is 1. The van der Waals surface area contributed by atoms with Gasteiger partial charge in [-0.05, 0) is 43.7 Å². The Morgan fingerprint density at radius 2 is 2.22 bits per heavy atom. The number of carbonyl (C=O) groups is 1. The van der Waals surface area contributed by atoms with Crippen molar-refractivity contribution in [2.24, 2.45) is 7.05 Å². The molecule has 2 heterocycles. The van der Waals surface area contributed by atoms with Crippen molar-refractivity contribution in [1.82, 2.24) is 9.55 Å². The fraction of sp³-hybridized carbons (Fsp3) is 0.294. The molecule has 1 amide bonds. The maximum atomic E-state index is 12.5. The molecular weight excluding hydrogens is 310 g/mol. The van der Waals surface area contributed by atoms with Crippen molar-refractivity contribution in [1.29, 1.82) is 0 Å². The number of hydrogen-bond donors (Lipinski definition) is 1. The van der Waals surface area contributed by atoms with Gasteiger partial charge in [-0.2, -0.15) is 0 Å². The molecule has 1 aromatic carbocycles. The van der Waals surface area contributed by atoms with E-state index in [4.69, 9.17) is 4.74 Å². The molecular formula is C17H19N3O2S. The monoisotopic (exact) mass is 329 g/mol. The van der Waals surface area contributed by atoms with Gasteiger partial charge < -0.3 is 14.6 Å². The second-order valence-corrected chi connectivity index (χ2v) is 6.37. The van der Waals surface area contributed by atoms with Crippen molar-refractivity contribution in [3.8, 4) is 0 Å². The predicted molar refractivity (Wildman–Crippen MR) is 90.3 cm³/mol. The maximum absolute atomic E-state index is 12.5. The first-order chi connectivity index (χ1) is 11.1. The van der Waals surface area contributed by atoms with Gasteiger partial charge in [0.05, 0.1) is 17.9 Å². The van der Waals surface area contributed by atoms with Crippen LogP contribution in [0.5, 0.6) is 0 Å². The molecule has 6 heteroatoms. The molecule has 0 bridgehead atoms. The minimum absolute atomic E-state index is 0.0879. The minimum atomic E-state index is -0.0879. The Labute approximate surface area is 139 Å². The highest BCUT2D eigenvalue weighted by molar-refractivity contribution is 7.99. The molecule has 1 N–H and O–H groups in total. The van der Waals surface area contributed by atoms with E-state index in [1.54, 1.807) is 6.20 Å². The van der Waals surface area contributed by atoms with E-state index in [1.165, 1.54) is 11.8 Å². The van der Waals surface area contributed by atoms with Crippen LogP contribution in [0.1, 0.15) is 19.8 Å². The van der Waals surface area contributed by atoms with E-state index in [0.29, 0.717) is 6.61 Å². The van der Waals surface area contributed by atoms with Crippen LogP contribution in [0.15, 0.2) is 58.0 Å². The van der Waals surface area contributed by atoms with Crippen molar-refractivity contribution in [3.05, 3.63) is 48.0 Å². The summed E-state index contributed by atoms with van der Waals surface area (Å²) in [6.45, 7) is 2.54. The number of aromatic nitrogens is 2. The van der Waals surface area contributed by atoms with Gasteiger partial charge in [0.2, 0.25) is 0 Å². The van der Waals surface area contributed by atoms with Gasteiger partial charge in [-0.1, -0.05) is 12.1 Å². The number of nitrogens with zero attached hydrogens (tertiary/aromatic N) is 2. The smallest absolute Gasteiger partial charge is 0.254 e. The Hall–Kier alpha value is -2.21. The third kappa shape index (κ3) is 3.59. The zero-order chi connectivity index (χ0) is 16.2. The lowest BCUT2D eigenvalue weighted by atomic mass is 10.1. The van der Waals surface area contributed by atoms with E-state index in [2.05, 4.69) is 10.3 Å². The van der Waals surface area contributed by atoms with Gasteiger partial charge in [-0.25, -0.2) is 4.98 Å². The van der Waals surface area contributed by atoms with Crippen molar-refractivity contribution in [2.75, 3.05) is 11.9 Å². The number of nitrogens with one attached hydrogen (secondary N) is 1. The molecule has 0 fully saturated rings. The molecule has 0 atom stereocenters. The van der Waals surface area contributed by atoms with Crippen LogP contribution in [0.25, 0.3) is 0 Å². The number of allylic oxidation sites excluding steroid dienone is 1. The van der Waals surface area contributed by atoms with Crippen LogP contribution in [0.2, 0.25) is 0 Å². The summed E-state index contributed by atoms with van der Waals surface area (Å²) in [7, 11) is 1.95. The fourth-order valence-electron chi connectivity index (χ4n) is 2.42. The number of imidazole rings is 1. The number of hydrogen-bond acceptors (Lipinski definition) is 4. The topological polar surface area (TPSA) is 56.2 Å². The predicted octanol–water partition coefficient (Wildman–Crippen LogP) is 3.59. The highest BCUT2D eigenvalue weighted by Crippen LogP contribution is 2.32. The Kier molecular flexibility index (Phi) is 4.71. The summed E-state index contributed by atoms with van der Waals surface area (Å²) in [5, 5.41) is 3.89. The zero-order valence-electron chi connectivity index (χ0n) is 13.2. The van der Waals surface area contributed by atoms with Crippen molar-refractivity contribution in [2.45, 2.75) is 29.8 Å². The fourth-order valence-corrected chi connectivity index (χ4v) is 3.31. The van der Waals surface area contributed by atoms with Gasteiger partial charge in [-0.15, -0.1) is 0 Å². The van der Waals surface area contributed by atoms with Crippen LogP contribution in [-0.2, 0) is 16.6 Å². The highest BCUT2D eigenvalue weighted by Gasteiger charge is 2.19. The first kappa shape index (κ1) is 15.7. The number of anilines is 1. The first-order valence-corrected chi connectivity index (χ1v) is 8.35. The summed E-state index contributed by atoms with van der Waals surface area (Å²) in [6.07, 6.45) is 5.30. The van der Waals surface area contributed by atoms with Gasteiger partial charge in [0, 0.05) is 24.3 Å². The van der Waals surface area contributed by atoms with Crippen molar-refractivity contribution >= 4 is 23.4 Å². The number of ether oxygens (including phenoxy) is 1. The third-order valence-corrected chi connectivity index (χ3v) is 4.85. The van der Waals surface area contributed by atoms with Gasteiger partial charge in [0.25, 0.3) is 5.91 Å². The normalized spacial score (nSPS) is 14.5. The summed E-state index contributed by atoms with van der Waals surface area (Å²) in [4.78, 5) is 17.8. The van der Waals surface area contributed by atoms with Gasteiger partial charge in [0.1, 0.15) is 5.76 Å². The molecule has 1 aliphatic heterocycles. The number of rotatable bonds is 4. The van der Waals surface area contributed by atoms with Crippen molar-refractivity contribution < 1.29 is 9.53 Å². The Morgan fingerprint density at radius 3 is 2.96 bits per heavy atom. The molecule has 5 nitrogen and oxygen atoms in total. The van der Waals surface area contributed by atoms with E-state index < -0.39 is 0 Å². The van der Waals surface area contributed by atoms with E-state index in [1.807, 2.05) is 49.0 Å². The largest absolute Gasteiger partial charge is 0.498 e. The van der Waals surface area contributed by atoms with Crippen LogP contribution in [0, 0.1) is 0 Å². The molecule has 23 heavy (non-hydrogen) atoms. The Balaban J connectivity index is 1.81. The van der Waals surface area contributed by atoms with Crippen LogP contribution in [0.4, 0.5) is 5.69 Å². The van der Waals surface area contributed by atoms with Crippen LogP contribution >= 0.6 is 11.8 Å². The lowest BCUT2D eigenvalue weighted by molar-refractivity contribution is -0.113. The number of benzene rings is 1. The Morgan fingerprint density at radius 1 is 1.39 bits per heavy atom. The molecule has 0 unspecified atom stereocenters. The van der Waals surface area contributed by atoms with E-state index in [9.17, 15) is 4.79 Å². The van der Waals surface area contributed by atoms with Crippen LogP contribution in [0.3, 0.4) is 0 Å². The van der Waals surface area contributed by atoms with E-state index in [-0.39, 0.29) is 5.91 Å². The first-order valence-electron chi connectivity index (χ1n) is 7.53. The van der Waals surface area contributed by atoms with Gasteiger partial charge >= 0.3 is 0 Å². The lowest BCUT2D eigenvalue weighted by Gasteiger charge is -2.19. The molecule has 0 saturated heterocycles. The molecule has 1 aromatic heterocycles. The van der Waals surface area contributed by atoms with Gasteiger partial charge in [-0.3, -0.25) is 4.79 Å². The molecule has 0 spiro atoms. The maximum Gasteiger partial charge on any atom is 0.254 e. The summed E-state index contributed by atoms with van der Waals surface area (Å²) in [6, 6.07) is 7.75. The average molecular weight is 329 g/mol. The molecule has 0 aliphatic carbocycles. The highest BCUT2D eigenvalue weighted by atomic mass is 32.2. The number of amides is 1. The Bertz CT molecular complexity index is 752. The molecule has 120 valence electrons. The molecule has 0 saturated carbocycles. The van der Waals surface area contributed by atoms with Crippen molar-refractivity contribution in [3.63, 3.8) is 0 Å². The molecule has 1 aliphatic rings. The SMILES string of the molecule is CC1=C(C(=O)Nc2ccccc2Sc2nccn2C)CCCO1. The second kappa shape index (κ2) is 6.91. The number of aryl methyl sites for hydroxylation is 1. The van der Waals surface area contributed by atoms with E-state index >= 15 is 0 Å². The minimum Gasteiger partial charge on any atom is -0.498 e. The summed E-state index contributed by atoms with van der Waals surface area (Å²) >= 11 is 1.53. The second-order valence-electron chi connectivity index (χ2n) is 5.36. The van der Waals surface area contributed by atoms with Gasteiger partial charge in [0.15, 0.2) is 5.16 Å². The zero-order valence-corrected chi connectivity index (χ0v) is 14.0. The molecule has 2 aromatic rings. The standard InChI is InChI=1S/C17H19N3O2S/c1-12-13(6-5-11-22-12)16(21)19-14-7-3-4-8-15(14)23-17-18-9-10-20(17)2/h3-4,7-10H,5-6,11H2,1-2H3,(H,19,21). The van der Waals surface area contributed by atoms with Crippen LogP contribution in [-0.4, -0.2) is 22.1 Å². The van der Waals surface area contributed by atoms with Crippen LogP contribution < -0.4 is 5.32 Å². The molecule has 3 rings (SSSR count). The lowest BCUT2D eigenvalue weighted by Crippen LogP contribution is -2.20. The third-order valence-electron chi connectivity index (χ3n) is 3.70. The summed E-state index contributed by atoms with van der Waals surface area (Å²) < 4.78 is 7.43. The number of carbonyl (C=O) groups excluding carboxylic acids is 1. The van der Waals surface area contributed by atoms with E-state index in [0.717, 1.165) is 39.9 Å². The summed E-state index contributed by atoms with van der Waals surface area (Å²) in [5.74, 6) is 0.637. The summed E-state index contributed by atoms with van der Waals surface area (Å²) in [5.41, 5.74) is 1.52.